The van der Waals surface area contributed by atoms with Crippen LogP contribution in [0.5, 0.6) is 0 Å². The number of hydrogen-bond acceptors (Lipinski definition) is 2. The summed E-state index contributed by atoms with van der Waals surface area (Å²) in [6.45, 7) is 5.23. The van der Waals surface area contributed by atoms with Crippen molar-refractivity contribution in [1.29, 1.82) is 0 Å². The molecule has 0 unspecified atom stereocenters. The molecule has 0 fully saturated rings. The molecule has 1 rings (SSSR count). The van der Waals surface area contributed by atoms with Gasteiger partial charge in [0.05, 0.1) is 10.2 Å². The average molecular weight is 333 g/mol. The van der Waals surface area contributed by atoms with E-state index in [4.69, 9.17) is 0 Å². The summed E-state index contributed by atoms with van der Waals surface area (Å²) in [7, 11) is 0. The second-order valence-electron chi connectivity index (χ2n) is 4.91. The summed E-state index contributed by atoms with van der Waals surface area (Å²) in [4.78, 5) is 0. The maximum Gasteiger partial charge on any atom is 0.0738 e. The van der Waals surface area contributed by atoms with Crippen molar-refractivity contribution in [1.82, 2.24) is 9.78 Å². The van der Waals surface area contributed by atoms with Gasteiger partial charge in [0.15, 0.2) is 0 Å². The monoisotopic (exact) mass is 332 g/mol. The zero-order valence-electron chi connectivity index (χ0n) is 11.6. The van der Waals surface area contributed by atoms with Crippen LogP contribution < -0.4 is 0 Å². The Balaban J connectivity index is 2.09. The van der Waals surface area contributed by atoms with Gasteiger partial charge in [-0.05, 0) is 48.4 Å². The third kappa shape index (κ3) is 5.35. The van der Waals surface area contributed by atoms with E-state index in [1.165, 1.54) is 50.6 Å². The Morgan fingerprint density at radius 2 is 1.56 bits per heavy atom. The van der Waals surface area contributed by atoms with Gasteiger partial charge in [0.1, 0.15) is 0 Å². The molecule has 0 bridgehead atoms. The lowest BCUT2D eigenvalue weighted by atomic mass is 10.1. The Kier molecular flexibility index (Phi) is 8.07. The minimum atomic E-state index is 1.03. The summed E-state index contributed by atoms with van der Waals surface area (Å²) in [5.41, 5.74) is 2.35. The van der Waals surface area contributed by atoms with Gasteiger partial charge in [0.25, 0.3) is 0 Å². The van der Waals surface area contributed by atoms with Crippen molar-refractivity contribution < 1.29 is 0 Å². The first kappa shape index (κ1) is 16.1. The van der Waals surface area contributed by atoms with Crippen molar-refractivity contribution in [2.75, 3.05) is 5.75 Å². The maximum atomic E-state index is 4.53. The minimum absolute atomic E-state index is 1.03. The number of unbranched alkanes of at least 4 members (excludes halogenated alkanes) is 6. The van der Waals surface area contributed by atoms with E-state index >= 15 is 0 Å². The molecular formula is C14H25BrN2S. The molecule has 0 aromatic carbocycles. The lowest BCUT2D eigenvalue weighted by Gasteiger charge is -2.04. The van der Waals surface area contributed by atoms with Crippen molar-refractivity contribution in [2.45, 2.75) is 65.3 Å². The highest BCUT2D eigenvalue weighted by Crippen LogP contribution is 2.20. The quantitative estimate of drug-likeness (QED) is 0.501. The molecule has 0 saturated heterocycles. The molecule has 1 aromatic heterocycles. The summed E-state index contributed by atoms with van der Waals surface area (Å²) in [6.07, 6.45) is 9.25. The van der Waals surface area contributed by atoms with E-state index in [-0.39, 0.29) is 0 Å². The van der Waals surface area contributed by atoms with E-state index in [0.29, 0.717) is 0 Å². The molecule has 1 heterocycles. The van der Waals surface area contributed by atoms with Gasteiger partial charge in [0, 0.05) is 12.2 Å². The molecule has 0 amide bonds. The third-order valence-electron chi connectivity index (χ3n) is 3.32. The molecule has 0 aliphatic rings. The first-order chi connectivity index (χ1) is 8.66. The van der Waals surface area contributed by atoms with Gasteiger partial charge in [-0.2, -0.15) is 17.7 Å². The number of hydrogen-bond donors (Lipinski definition) is 1. The second kappa shape index (κ2) is 9.03. The molecule has 0 N–H and O–H groups in total. The standard InChI is InChI=1S/C14H25BrN2S/c1-12-14(15)13(2)17(16-12)10-8-6-4-3-5-7-9-11-18/h18H,3-11H2,1-2H3. The Morgan fingerprint density at radius 1 is 1.00 bits per heavy atom. The van der Waals surface area contributed by atoms with E-state index in [1.54, 1.807) is 0 Å². The zero-order valence-corrected chi connectivity index (χ0v) is 14.1. The zero-order chi connectivity index (χ0) is 13.4. The van der Waals surface area contributed by atoms with Crippen LogP contribution in [0.2, 0.25) is 0 Å². The van der Waals surface area contributed by atoms with Gasteiger partial charge >= 0.3 is 0 Å². The number of nitrogens with zero attached hydrogens (tertiary/aromatic N) is 2. The molecule has 4 heteroatoms. The molecule has 0 aliphatic heterocycles. The van der Waals surface area contributed by atoms with Gasteiger partial charge in [0.2, 0.25) is 0 Å². The van der Waals surface area contributed by atoms with Crippen LogP contribution in [-0.4, -0.2) is 15.5 Å². The van der Waals surface area contributed by atoms with Crippen LogP contribution in [0.3, 0.4) is 0 Å². The molecule has 0 radical (unpaired) electrons. The van der Waals surface area contributed by atoms with Crippen molar-refractivity contribution in [2.24, 2.45) is 0 Å². The molecule has 0 atom stereocenters. The van der Waals surface area contributed by atoms with E-state index in [1.807, 2.05) is 0 Å². The Morgan fingerprint density at radius 3 is 2.06 bits per heavy atom. The van der Waals surface area contributed by atoms with E-state index in [9.17, 15) is 0 Å². The highest BCUT2D eigenvalue weighted by Gasteiger charge is 2.07. The number of thiol groups is 1. The van der Waals surface area contributed by atoms with Crippen LogP contribution in [0.1, 0.15) is 56.3 Å². The highest BCUT2D eigenvalue weighted by atomic mass is 79.9. The first-order valence-corrected chi connectivity index (χ1v) is 8.39. The molecule has 104 valence electrons. The van der Waals surface area contributed by atoms with Gasteiger partial charge in [-0.3, -0.25) is 4.68 Å². The fourth-order valence-electron chi connectivity index (χ4n) is 2.15. The van der Waals surface area contributed by atoms with E-state index in [2.05, 4.69) is 52.2 Å². The van der Waals surface area contributed by atoms with Crippen LogP contribution in [0.15, 0.2) is 4.47 Å². The number of halogens is 1. The van der Waals surface area contributed by atoms with Gasteiger partial charge in [-0.1, -0.05) is 32.1 Å². The Labute approximate surface area is 125 Å². The normalized spacial score (nSPS) is 11.1. The van der Waals surface area contributed by atoms with Crippen LogP contribution in [-0.2, 0) is 6.54 Å². The highest BCUT2D eigenvalue weighted by molar-refractivity contribution is 9.10. The second-order valence-corrected chi connectivity index (χ2v) is 6.15. The smallest absolute Gasteiger partial charge is 0.0738 e. The van der Waals surface area contributed by atoms with Crippen LogP contribution in [0.4, 0.5) is 0 Å². The summed E-state index contributed by atoms with van der Waals surface area (Å²) in [6, 6.07) is 0. The SMILES string of the molecule is Cc1nn(CCCCCCCCCS)c(C)c1Br. The molecule has 0 spiro atoms. The van der Waals surface area contributed by atoms with Crippen LogP contribution in [0, 0.1) is 13.8 Å². The minimum Gasteiger partial charge on any atom is -0.268 e. The molecule has 0 aliphatic carbocycles. The topological polar surface area (TPSA) is 17.8 Å². The van der Waals surface area contributed by atoms with Gasteiger partial charge < -0.3 is 0 Å². The van der Waals surface area contributed by atoms with Crippen molar-refractivity contribution >= 4 is 28.6 Å². The van der Waals surface area contributed by atoms with E-state index < -0.39 is 0 Å². The summed E-state index contributed by atoms with van der Waals surface area (Å²) in [5.74, 6) is 1.03. The molecule has 1 aromatic rings. The summed E-state index contributed by atoms with van der Waals surface area (Å²) >= 11 is 7.79. The van der Waals surface area contributed by atoms with Crippen molar-refractivity contribution in [3.05, 3.63) is 15.9 Å². The average Bonchev–Trinajstić information content (AvgIpc) is 2.60. The fraction of sp³-hybridized carbons (Fsp3) is 0.786. The predicted octanol–water partition coefficient (Wildman–Crippen LogP) is 4.92. The van der Waals surface area contributed by atoms with Gasteiger partial charge in [-0.25, -0.2) is 0 Å². The number of aromatic nitrogens is 2. The van der Waals surface area contributed by atoms with Crippen molar-refractivity contribution in [3.8, 4) is 0 Å². The largest absolute Gasteiger partial charge is 0.268 e. The fourth-order valence-corrected chi connectivity index (χ4v) is 2.66. The summed E-state index contributed by atoms with van der Waals surface area (Å²) in [5, 5.41) is 4.53. The lowest BCUT2D eigenvalue weighted by molar-refractivity contribution is 0.514. The predicted molar refractivity (Wildman–Crippen MR) is 85.6 cm³/mol. The number of rotatable bonds is 9. The lowest BCUT2D eigenvalue weighted by Crippen LogP contribution is -2.02. The molecule has 0 saturated carbocycles. The molecule has 18 heavy (non-hydrogen) atoms. The summed E-state index contributed by atoms with van der Waals surface area (Å²) < 4.78 is 3.29. The molecule has 2 nitrogen and oxygen atoms in total. The first-order valence-electron chi connectivity index (χ1n) is 6.97. The Hall–Kier alpha value is 0.0400. The van der Waals surface area contributed by atoms with Gasteiger partial charge in [-0.15, -0.1) is 0 Å². The Bertz CT molecular complexity index is 350. The van der Waals surface area contributed by atoms with Crippen LogP contribution >= 0.6 is 28.6 Å². The van der Waals surface area contributed by atoms with Crippen molar-refractivity contribution in [3.63, 3.8) is 0 Å². The van der Waals surface area contributed by atoms with Crippen LogP contribution in [0.25, 0.3) is 0 Å². The molecular weight excluding hydrogens is 308 g/mol. The number of aryl methyl sites for hydroxylation is 2. The van der Waals surface area contributed by atoms with E-state index in [0.717, 1.165) is 22.5 Å². The third-order valence-corrected chi connectivity index (χ3v) is 4.79. The maximum absolute atomic E-state index is 4.53.